The number of piperazine rings is 1. The van der Waals surface area contributed by atoms with E-state index in [9.17, 15) is 12.8 Å². The number of sulfonamides is 1. The highest BCUT2D eigenvalue weighted by molar-refractivity contribution is 7.89. The van der Waals surface area contributed by atoms with Crippen LogP contribution in [0.15, 0.2) is 29.2 Å². The van der Waals surface area contributed by atoms with Crippen LogP contribution in [0.4, 0.5) is 4.39 Å². The lowest BCUT2D eigenvalue weighted by atomic mass is 10.3. The van der Waals surface area contributed by atoms with Gasteiger partial charge < -0.3 is 4.90 Å². The molecular weight excluding hydrogens is 255 g/mol. The maximum atomic E-state index is 13.6. The fourth-order valence-corrected chi connectivity index (χ4v) is 3.70. The smallest absolute Gasteiger partial charge is 0.246 e. The number of likely N-dealkylation sites (N-methyl/N-ethyl adjacent to an activating group) is 1. The molecule has 100 valence electrons. The number of nitrogens with zero attached hydrogens (tertiary/aromatic N) is 1. The third-order valence-corrected chi connectivity index (χ3v) is 5.32. The normalized spacial score (nSPS) is 19.0. The fourth-order valence-electron chi connectivity index (χ4n) is 2.19. The zero-order chi connectivity index (χ0) is 13.2. The molecule has 1 N–H and O–H groups in total. The van der Waals surface area contributed by atoms with Crippen molar-refractivity contribution in [3.63, 3.8) is 0 Å². The highest BCUT2D eigenvalue weighted by Crippen LogP contribution is 2.18. The number of hydrogen-bond donors (Lipinski definition) is 1. The second-order valence-corrected chi connectivity index (χ2v) is 6.34. The second-order valence-electron chi connectivity index (χ2n) is 4.44. The van der Waals surface area contributed by atoms with E-state index in [1.54, 1.807) is 6.07 Å². The molecule has 0 unspecified atom stereocenters. The lowest BCUT2D eigenvalue weighted by Gasteiger charge is -2.30. The van der Waals surface area contributed by atoms with E-state index in [0.29, 0.717) is 13.1 Å². The molecule has 0 spiro atoms. The van der Waals surface area contributed by atoms with Gasteiger partial charge in [-0.05, 0) is 19.1 Å². The SMILES string of the molecule is CC[NH+]1CCN(S(=O)(=O)c2ccccc2F)CC1. The number of benzene rings is 1. The Morgan fingerprint density at radius 1 is 1.28 bits per heavy atom. The Morgan fingerprint density at radius 3 is 2.44 bits per heavy atom. The summed E-state index contributed by atoms with van der Waals surface area (Å²) in [5.41, 5.74) is 0. The summed E-state index contributed by atoms with van der Waals surface area (Å²) in [6.07, 6.45) is 0. The minimum absolute atomic E-state index is 0.218. The predicted octanol–water partition coefficient (Wildman–Crippen LogP) is -0.265. The van der Waals surface area contributed by atoms with Gasteiger partial charge in [-0.1, -0.05) is 12.1 Å². The average molecular weight is 273 g/mol. The van der Waals surface area contributed by atoms with Crippen molar-refractivity contribution in [1.82, 2.24) is 4.31 Å². The van der Waals surface area contributed by atoms with Crippen LogP contribution in [0.3, 0.4) is 0 Å². The number of quaternary nitrogens is 1. The van der Waals surface area contributed by atoms with Gasteiger partial charge in [0.15, 0.2) is 0 Å². The number of hydrogen-bond acceptors (Lipinski definition) is 2. The Kier molecular flexibility index (Phi) is 3.99. The first-order chi connectivity index (χ1) is 8.55. The lowest BCUT2D eigenvalue weighted by Crippen LogP contribution is -3.14. The quantitative estimate of drug-likeness (QED) is 0.824. The van der Waals surface area contributed by atoms with Crippen molar-refractivity contribution >= 4 is 10.0 Å². The van der Waals surface area contributed by atoms with E-state index in [1.807, 2.05) is 0 Å². The summed E-state index contributed by atoms with van der Waals surface area (Å²) in [4.78, 5) is 1.17. The van der Waals surface area contributed by atoms with Crippen LogP contribution in [0.1, 0.15) is 6.92 Å². The van der Waals surface area contributed by atoms with Crippen LogP contribution < -0.4 is 4.90 Å². The molecule has 1 aliphatic rings. The lowest BCUT2D eigenvalue weighted by molar-refractivity contribution is -0.901. The van der Waals surface area contributed by atoms with Crippen LogP contribution in [-0.4, -0.2) is 45.4 Å². The average Bonchev–Trinajstić information content (AvgIpc) is 2.39. The summed E-state index contributed by atoms with van der Waals surface area (Å²) in [7, 11) is -3.68. The predicted molar refractivity (Wildman–Crippen MR) is 66.4 cm³/mol. The van der Waals surface area contributed by atoms with E-state index < -0.39 is 15.8 Å². The van der Waals surface area contributed by atoms with Gasteiger partial charge in [-0.15, -0.1) is 0 Å². The second kappa shape index (κ2) is 5.34. The van der Waals surface area contributed by atoms with E-state index >= 15 is 0 Å². The number of halogens is 1. The maximum Gasteiger partial charge on any atom is 0.246 e. The molecule has 0 radical (unpaired) electrons. The molecule has 1 aromatic rings. The van der Waals surface area contributed by atoms with Crippen LogP contribution in [-0.2, 0) is 10.0 Å². The van der Waals surface area contributed by atoms with Crippen molar-refractivity contribution in [2.45, 2.75) is 11.8 Å². The monoisotopic (exact) mass is 273 g/mol. The first-order valence-corrected chi connectivity index (χ1v) is 7.58. The summed E-state index contributed by atoms with van der Waals surface area (Å²) in [5, 5.41) is 0. The van der Waals surface area contributed by atoms with Gasteiger partial charge in [0.1, 0.15) is 10.7 Å². The van der Waals surface area contributed by atoms with Crippen LogP contribution in [0, 0.1) is 5.82 Å². The number of nitrogens with one attached hydrogen (secondary N) is 1. The Balaban J connectivity index is 2.20. The summed E-state index contributed by atoms with van der Waals surface area (Å²) in [5.74, 6) is -0.678. The molecule has 1 heterocycles. The van der Waals surface area contributed by atoms with Gasteiger partial charge >= 0.3 is 0 Å². The van der Waals surface area contributed by atoms with Crippen molar-refractivity contribution in [3.8, 4) is 0 Å². The summed E-state index contributed by atoms with van der Waals surface area (Å²) in [6.45, 7) is 5.55. The van der Waals surface area contributed by atoms with Gasteiger partial charge in [-0.25, -0.2) is 12.8 Å². The van der Waals surface area contributed by atoms with Crippen molar-refractivity contribution in [1.29, 1.82) is 0 Å². The highest BCUT2D eigenvalue weighted by atomic mass is 32.2. The van der Waals surface area contributed by atoms with Crippen LogP contribution in [0.2, 0.25) is 0 Å². The molecule has 0 aromatic heterocycles. The highest BCUT2D eigenvalue weighted by Gasteiger charge is 2.31. The molecule has 0 aliphatic carbocycles. The molecule has 18 heavy (non-hydrogen) atoms. The molecule has 0 atom stereocenters. The van der Waals surface area contributed by atoms with Crippen LogP contribution in [0.25, 0.3) is 0 Å². The molecule has 4 nitrogen and oxygen atoms in total. The van der Waals surface area contributed by atoms with Crippen molar-refractivity contribution < 1.29 is 17.7 Å². The standard InChI is InChI=1S/C12H17FN2O2S/c1-2-14-7-9-15(10-8-14)18(16,17)12-6-4-3-5-11(12)13/h3-6H,2,7-10H2,1H3/p+1. The van der Waals surface area contributed by atoms with E-state index in [-0.39, 0.29) is 4.90 Å². The third kappa shape index (κ3) is 2.55. The Bertz CT molecular complexity index is 511. The largest absolute Gasteiger partial charge is 0.333 e. The third-order valence-electron chi connectivity index (χ3n) is 3.38. The molecule has 2 rings (SSSR count). The molecule has 0 bridgehead atoms. The summed E-state index contributed by atoms with van der Waals surface area (Å²) < 4.78 is 39.5. The molecule has 0 amide bonds. The Hall–Kier alpha value is -0.980. The van der Waals surface area contributed by atoms with E-state index in [4.69, 9.17) is 0 Å². The van der Waals surface area contributed by atoms with Gasteiger partial charge in [0.2, 0.25) is 10.0 Å². The molecule has 1 fully saturated rings. The van der Waals surface area contributed by atoms with Gasteiger partial charge in [-0.3, -0.25) is 0 Å². The molecule has 1 aliphatic heterocycles. The van der Waals surface area contributed by atoms with Gasteiger partial charge in [0, 0.05) is 0 Å². The zero-order valence-corrected chi connectivity index (χ0v) is 11.2. The Morgan fingerprint density at radius 2 is 1.89 bits per heavy atom. The fraction of sp³-hybridized carbons (Fsp3) is 0.500. The van der Waals surface area contributed by atoms with E-state index in [0.717, 1.165) is 19.6 Å². The number of rotatable bonds is 3. The van der Waals surface area contributed by atoms with E-state index in [2.05, 4.69) is 6.92 Å². The summed E-state index contributed by atoms with van der Waals surface area (Å²) >= 11 is 0. The van der Waals surface area contributed by atoms with Crippen molar-refractivity contribution in [3.05, 3.63) is 30.1 Å². The van der Waals surface area contributed by atoms with Crippen LogP contribution in [0.5, 0.6) is 0 Å². The molecule has 1 aromatic carbocycles. The topological polar surface area (TPSA) is 41.8 Å². The van der Waals surface area contributed by atoms with Gasteiger partial charge in [0.05, 0.1) is 32.7 Å². The first kappa shape index (κ1) is 13.5. The maximum absolute atomic E-state index is 13.6. The minimum atomic E-state index is -3.68. The molecule has 6 heteroatoms. The Labute approximate surface area is 107 Å². The summed E-state index contributed by atoms with van der Waals surface area (Å²) in [6, 6.07) is 5.54. The van der Waals surface area contributed by atoms with Gasteiger partial charge in [-0.2, -0.15) is 4.31 Å². The zero-order valence-electron chi connectivity index (χ0n) is 10.4. The van der Waals surface area contributed by atoms with E-state index in [1.165, 1.54) is 27.4 Å². The molecule has 0 saturated carbocycles. The molecular formula is C12H18FN2O2S+. The van der Waals surface area contributed by atoms with Crippen molar-refractivity contribution in [2.24, 2.45) is 0 Å². The minimum Gasteiger partial charge on any atom is -0.333 e. The van der Waals surface area contributed by atoms with Gasteiger partial charge in [0.25, 0.3) is 0 Å². The molecule has 1 saturated heterocycles. The van der Waals surface area contributed by atoms with Crippen molar-refractivity contribution in [2.75, 3.05) is 32.7 Å². The first-order valence-electron chi connectivity index (χ1n) is 6.14. The van der Waals surface area contributed by atoms with Crippen LogP contribution >= 0.6 is 0 Å².